The van der Waals surface area contributed by atoms with Crippen molar-refractivity contribution in [2.45, 2.75) is 32.0 Å². The lowest BCUT2D eigenvalue weighted by atomic mass is 9.98. The monoisotopic (exact) mass is 243 g/mol. The maximum atomic E-state index is 5.89. The number of oxime groups is 1. The molecule has 94 valence electrons. The Bertz CT molecular complexity index is 498. The lowest BCUT2D eigenvalue weighted by Crippen LogP contribution is -2.28. The number of fused-ring (bicyclic) bond motifs is 1. The second-order valence-electron chi connectivity index (χ2n) is 5.99. The van der Waals surface area contributed by atoms with Crippen LogP contribution in [0.1, 0.15) is 25.3 Å². The van der Waals surface area contributed by atoms with Gasteiger partial charge in [-0.25, -0.2) is 0 Å². The summed E-state index contributed by atoms with van der Waals surface area (Å²) < 4.78 is 5.89. The van der Waals surface area contributed by atoms with Gasteiger partial charge in [0.15, 0.2) is 6.10 Å². The highest BCUT2D eigenvalue weighted by Crippen LogP contribution is 2.60. The van der Waals surface area contributed by atoms with Gasteiger partial charge in [-0.15, -0.1) is 0 Å². The lowest BCUT2D eigenvalue weighted by molar-refractivity contribution is -0.0474. The highest BCUT2D eigenvalue weighted by Gasteiger charge is 2.62. The first-order chi connectivity index (χ1) is 8.76. The molecule has 4 rings (SSSR count). The van der Waals surface area contributed by atoms with Crippen LogP contribution in [-0.4, -0.2) is 24.5 Å². The maximum Gasteiger partial charge on any atom is 0.159 e. The van der Waals surface area contributed by atoms with Gasteiger partial charge >= 0.3 is 0 Å². The summed E-state index contributed by atoms with van der Waals surface area (Å²) in [5.74, 6) is 0.688. The van der Waals surface area contributed by atoms with Crippen LogP contribution >= 0.6 is 0 Å². The molecule has 0 aromatic heterocycles. The Morgan fingerprint density at radius 2 is 2.11 bits per heavy atom. The molecule has 1 aromatic rings. The Morgan fingerprint density at radius 3 is 2.78 bits per heavy atom. The molecule has 0 radical (unpaired) electrons. The molecule has 2 aliphatic heterocycles. The van der Waals surface area contributed by atoms with E-state index in [2.05, 4.69) is 24.2 Å². The molecule has 0 bridgehead atoms. The molecule has 3 nitrogen and oxygen atoms in total. The Labute approximate surface area is 107 Å². The van der Waals surface area contributed by atoms with E-state index in [1.807, 2.05) is 18.2 Å². The maximum absolute atomic E-state index is 5.89. The van der Waals surface area contributed by atoms with E-state index in [9.17, 15) is 0 Å². The predicted octanol–water partition coefficient (Wildman–Crippen LogP) is 2.60. The topological polar surface area (TPSA) is 30.8 Å². The van der Waals surface area contributed by atoms with Crippen molar-refractivity contribution < 1.29 is 9.57 Å². The molecule has 1 aromatic carbocycles. The number of hydrogen-bond donors (Lipinski definition) is 0. The van der Waals surface area contributed by atoms with Crippen molar-refractivity contribution in [1.82, 2.24) is 0 Å². The molecule has 0 spiro atoms. The first kappa shape index (κ1) is 10.6. The smallest absolute Gasteiger partial charge is 0.159 e. The van der Waals surface area contributed by atoms with Crippen LogP contribution in [0.15, 0.2) is 35.5 Å². The predicted molar refractivity (Wildman–Crippen MR) is 68.4 cm³/mol. The van der Waals surface area contributed by atoms with Gasteiger partial charge in [0, 0.05) is 6.42 Å². The minimum Gasteiger partial charge on any atom is -0.389 e. The van der Waals surface area contributed by atoms with Gasteiger partial charge < -0.3 is 9.57 Å². The Kier molecular flexibility index (Phi) is 2.10. The van der Waals surface area contributed by atoms with Crippen molar-refractivity contribution in [3.05, 3.63) is 35.9 Å². The van der Waals surface area contributed by atoms with Gasteiger partial charge in [-0.1, -0.05) is 42.4 Å². The zero-order valence-electron chi connectivity index (χ0n) is 10.5. The zero-order valence-corrected chi connectivity index (χ0v) is 10.5. The Morgan fingerprint density at radius 1 is 1.28 bits per heavy atom. The van der Waals surface area contributed by atoms with Crippen molar-refractivity contribution in [3.8, 4) is 0 Å². The van der Waals surface area contributed by atoms with Crippen molar-refractivity contribution >= 4 is 5.71 Å². The molecule has 0 amide bonds. The molecule has 3 heteroatoms. The number of benzene rings is 1. The highest BCUT2D eigenvalue weighted by atomic mass is 16.7. The number of ether oxygens (including phenoxy) is 1. The summed E-state index contributed by atoms with van der Waals surface area (Å²) in [6, 6.07) is 10.3. The van der Waals surface area contributed by atoms with Crippen LogP contribution in [0.4, 0.5) is 0 Å². The minimum absolute atomic E-state index is 0.120. The Balaban J connectivity index is 1.47. The van der Waals surface area contributed by atoms with E-state index < -0.39 is 0 Å². The van der Waals surface area contributed by atoms with E-state index in [-0.39, 0.29) is 12.2 Å². The van der Waals surface area contributed by atoms with Crippen molar-refractivity contribution in [3.63, 3.8) is 0 Å². The molecule has 3 aliphatic rings. The van der Waals surface area contributed by atoms with Gasteiger partial charge in [-0.05, 0) is 23.3 Å². The third kappa shape index (κ3) is 1.50. The fourth-order valence-corrected chi connectivity index (χ4v) is 3.26. The third-order valence-electron chi connectivity index (χ3n) is 4.59. The molecule has 1 aliphatic carbocycles. The first-order valence-electron chi connectivity index (χ1n) is 6.66. The van der Waals surface area contributed by atoms with E-state index in [4.69, 9.17) is 9.57 Å². The van der Waals surface area contributed by atoms with Gasteiger partial charge in [0.1, 0.15) is 6.10 Å². The number of nitrogens with zero attached hydrogens (tertiary/aromatic N) is 1. The molecule has 4 atom stereocenters. The summed E-state index contributed by atoms with van der Waals surface area (Å²) in [6.07, 6.45) is 2.54. The molecular weight excluding hydrogens is 226 g/mol. The Hall–Kier alpha value is -1.35. The second kappa shape index (κ2) is 3.58. The zero-order chi connectivity index (χ0) is 12.2. The average molecular weight is 243 g/mol. The van der Waals surface area contributed by atoms with Gasteiger partial charge in [-0.3, -0.25) is 0 Å². The highest BCUT2D eigenvalue weighted by molar-refractivity contribution is 6.01. The van der Waals surface area contributed by atoms with Crippen LogP contribution in [0.25, 0.3) is 0 Å². The first-order valence-corrected chi connectivity index (χ1v) is 6.66. The van der Waals surface area contributed by atoms with Gasteiger partial charge in [0.25, 0.3) is 0 Å². The van der Waals surface area contributed by atoms with Gasteiger partial charge in [-0.2, -0.15) is 0 Å². The van der Waals surface area contributed by atoms with Crippen molar-refractivity contribution in [2.75, 3.05) is 6.61 Å². The van der Waals surface area contributed by atoms with Crippen molar-refractivity contribution in [2.24, 2.45) is 16.5 Å². The fraction of sp³-hybridized carbons (Fsp3) is 0.533. The summed E-state index contributed by atoms with van der Waals surface area (Å²) in [7, 11) is 0. The lowest BCUT2D eigenvalue weighted by Gasteiger charge is -2.17. The molecule has 1 saturated carbocycles. The quantitative estimate of drug-likeness (QED) is 0.799. The van der Waals surface area contributed by atoms with E-state index in [1.165, 1.54) is 6.42 Å². The number of rotatable bonds is 2. The average Bonchev–Trinajstić information content (AvgIpc) is 2.80. The van der Waals surface area contributed by atoms with E-state index in [1.54, 1.807) is 0 Å². The molecule has 18 heavy (non-hydrogen) atoms. The van der Waals surface area contributed by atoms with Crippen LogP contribution in [0.3, 0.4) is 0 Å². The summed E-state index contributed by atoms with van der Waals surface area (Å²) in [5.41, 5.74) is 2.65. The summed E-state index contributed by atoms with van der Waals surface area (Å²) in [6.45, 7) is 3.20. The molecule has 0 unspecified atom stereocenters. The van der Waals surface area contributed by atoms with E-state index in [0.29, 0.717) is 11.3 Å². The van der Waals surface area contributed by atoms with Crippen LogP contribution in [0.5, 0.6) is 0 Å². The van der Waals surface area contributed by atoms with E-state index in [0.717, 1.165) is 24.3 Å². The van der Waals surface area contributed by atoms with Gasteiger partial charge in [0.05, 0.1) is 12.3 Å². The second-order valence-corrected chi connectivity index (χ2v) is 5.99. The van der Waals surface area contributed by atoms with E-state index >= 15 is 0 Å². The largest absolute Gasteiger partial charge is 0.389 e. The van der Waals surface area contributed by atoms with Crippen LogP contribution in [0.2, 0.25) is 0 Å². The third-order valence-corrected chi connectivity index (χ3v) is 4.59. The molecular formula is C15H17NO2. The fourth-order valence-electron chi connectivity index (χ4n) is 3.26. The van der Waals surface area contributed by atoms with Gasteiger partial charge in [0.2, 0.25) is 0 Å². The SMILES string of the molecule is C[C@@]12CO[C@H]([C@@H]3CC(c4ccccc4)=NO3)[C@@H]1C2. The summed E-state index contributed by atoms with van der Waals surface area (Å²) in [4.78, 5) is 5.61. The van der Waals surface area contributed by atoms with Crippen molar-refractivity contribution in [1.29, 1.82) is 0 Å². The molecule has 2 heterocycles. The molecule has 1 saturated heterocycles. The van der Waals surface area contributed by atoms with Crippen LogP contribution in [0, 0.1) is 11.3 Å². The van der Waals surface area contributed by atoms with Crippen LogP contribution < -0.4 is 0 Å². The summed E-state index contributed by atoms with van der Waals surface area (Å²) >= 11 is 0. The molecule has 0 N–H and O–H groups in total. The number of hydrogen-bond acceptors (Lipinski definition) is 3. The summed E-state index contributed by atoms with van der Waals surface area (Å²) in [5, 5.41) is 4.24. The normalized spacial score (nSPS) is 41.2. The molecule has 2 fully saturated rings. The standard InChI is InChI=1S/C15H17NO2/c1-15-8-11(15)14(17-9-15)13-7-12(16-18-13)10-5-3-2-4-6-10/h2-6,11,13-14H,7-9H2,1H3/t11-,13-,14-,15+/m0/s1. The minimum atomic E-state index is 0.120. The van der Waals surface area contributed by atoms with Crippen LogP contribution in [-0.2, 0) is 9.57 Å².